The Kier molecular flexibility index (Phi) is 3.23. The third kappa shape index (κ3) is 2.42. The molecular formula is C13H10BrN9. The van der Waals surface area contributed by atoms with E-state index in [0.29, 0.717) is 16.4 Å². The minimum Gasteiger partial charge on any atom is -0.337 e. The molecule has 0 unspecified atom stereocenters. The monoisotopic (exact) mass is 371 g/mol. The predicted molar refractivity (Wildman–Crippen MR) is 86.4 cm³/mol. The maximum absolute atomic E-state index is 4.30. The quantitative estimate of drug-likeness (QED) is 0.586. The highest BCUT2D eigenvalue weighted by atomic mass is 79.9. The van der Waals surface area contributed by atoms with Crippen molar-refractivity contribution < 1.29 is 0 Å². The average molecular weight is 372 g/mol. The third-order valence-corrected chi connectivity index (χ3v) is 3.74. The number of nitrogens with zero attached hydrogens (tertiary/aromatic N) is 8. The van der Waals surface area contributed by atoms with E-state index in [4.69, 9.17) is 0 Å². The van der Waals surface area contributed by atoms with Gasteiger partial charge in [0.25, 0.3) is 0 Å². The molecule has 0 saturated carbocycles. The zero-order valence-electron chi connectivity index (χ0n) is 11.9. The maximum atomic E-state index is 4.30. The van der Waals surface area contributed by atoms with Gasteiger partial charge in [-0.2, -0.15) is 10.2 Å². The number of rotatable bonds is 3. The van der Waals surface area contributed by atoms with Crippen LogP contribution >= 0.6 is 15.9 Å². The van der Waals surface area contributed by atoms with E-state index in [0.717, 1.165) is 16.7 Å². The van der Waals surface area contributed by atoms with E-state index in [1.165, 1.54) is 6.33 Å². The second-order valence-corrected chi connectivity index (χ2v) is 5.43. The summed E-state index contributed by atoms with van der Waals surface area (Å²) in [5.74, 6) is 1.14. The molecule has 0 amide bonds. The summed E-state index contributed by atoms with van der Waals surface area (Å²) in [6.45, 7) is 0. The Labute approximate surface area is 138 Å². The lowest BCUT2D eigenvalue weighted by Gasteiger charge is -2.03. The van der Waals surface area contributed by atoms with Gasteiger partial charge in [0.1, 0.15) is 16.7 Å². The van der Waals surface area contributed by atoms with E-state index in [1.807, 2.05) is 7.05 Å². The first-order valence-corrected chi connectivity index (χ1v) is 7.44. The predicted octanol–water partition coefficient (Wildman–Crippen LogP) is 1.85. The van der Waals surface area contributed by atoms with Crippen LogP contribution in [0.5, 0.6) is 0 Å². The van der Waals surface area contributed by atoms with Crippen molar-refractivity contribution >= 4 is 38.5 Å². The first-order chi connectivity index (χ1) is 11.2. The molecule has 1 N–H and O–H groups in total. The summed E-state index contributed by atoms with van der Waals surface area (Å²) in [5.41, 5.74) is 1.49. The van der Waals surface area contributed by atoms with Crippen LogP contribution < -0.4 is 5.32 Å². The number of nitrogens with one attached hydrogen (secondary N) is 1. The van der Waals surface area contributed by atoms with Gasteiger partial charge in [-0.3, -0.25) is 0 Å². The first-order valence-electron chi connectivity index (χ1n) is 6.64. The molecule has 0 fully saturated rings. The number of anilines is 2. The molecule has 0 aromatic carbocycles. The summed E-state index contributed by atoms with van der Waals surface area (Å²) in [7, 11) is 1.83. The first kappa shape index (κ1) is 13.8. The van der Waals surface area contributed by atoms with Crippen molar-refractivity contribution in [1.82, 2.24) is 39.5 Å². The van der Waals surface area contributed by atoms with Crippen molar-refractivity contribution in [2.75, 3.05) is 5.32 Å². The molecular weight excluding hydrogens is 362 g/mol. The largest absolute Gasteiger partial charge is 0.337 e. The van der Waals surface area contributed by atoms with E-state index in [2.05, 4.69) is 51.4 Å². The Morgan fingerprint density at radius 3 is 2.78 bits per heavy atom. The molecule has 0 radical (unpaired) electrons. The number of hydrogen-bond acceptors (Lipinski definition) is 7. The molecule has 0 saturated heterocycles. The minimum absolute atomic E-state index is 0.496. The number of fused-ring (bicyclic) bond motifs is 1. The normalized spacial score (nSPS) is 11.0. The van der Waals surface area contributed by atoms with Crippen molar-refractivity contribution in [3.8, 4) is 5.95 Å². The lowest BCUT2D eigenvalue weighted by molar-refractivity contribution is 0.777. The second kappa shape index (κ2) is 5.39. The van der Waals surface area contributed by atoms with Crippen molar-refractivity contribution in [2.45, 2.75) is 0 Å². The molecule has 0 bridgehead atoms. The summed E-state index contributed by atoms with van der Waals surface area (Å²) in [5, 5.41) is 12.6. The van der Waals surface area contributed by atoms with Crippen molar-refractivity contribution in [3.05, 3.63) is 41.8 Å². The molecule has 4 heterocycles. The Morgan fingerprint density at radius 1 is 1.13 bits per heavy atom. The van der Waals surface area contributed by atoms with Crippen LogP contribution in [0.1, 0.15) is 0 Å². The topological polar surface area (TPSA) is 99.2 Å². The second-order valence-electron chi connectivity index (χ2n) is 4.68. The Hall–Kier alpha value is -2.88. The van der Waals surface area contributed by atoms with Gasteiger partial charge >= 0.3 is 0 Å². The molecule has 0 spiro atoms. The third-order valence-electron chi connectivity index (χ3n) is 3.18. The highest BCUT2D eigenvalue weighted by molar-refractivity contribution is 9.10. The Morgan fingerprint density at radius 2 is 1.96 bits per heavy atom. The summed E-state index contributed by atoms with van der Waals surface area (Å²) in [6.07, 6.45) is 8.28. The molecule has 10 heteroatoms. The molecule has 0 aliphatic rings. The van der Waals surface area contributed by atoms with Gasteiger partial charge in [-0.25, -0.2) is 29.3 Å². The molecule has 0 atom stereocenters. The van der Waals surface area contributed by atoms with Crippen molar-refractivity contribution in [1.29, 1.82) is 0 Å². The van der Waals surface area contributed by atoms with Gasteiger partial charge in [0.2, 0.25) is 5.95 Å². The van der Waals surface area contributed by atoms with E-state index >= 15 is 0 Å². The van der Waals surface area contributed by atoms with Crippen LogP contribution in [0.3, 0.4) is 0 Å². The Bertz CT molecular complexity index is 976. The van der Waals surface area contributed by atoms with Crippen LogP contribution in [0.25, 0.3) is 17.0 Å². The van der Waals surface area contributed by atoms with E-state index in [9.17, 15) is 0 Å². The van der Waals surface area contributed by atoms with Crippen LogP contribution in [0, 0.1) is 0 Å². The Balaban J connectivity index is 1.71. The molecule has 4 aromatic heterocycles. The summed E-state index contributed by atoms with van der Waals surface area (Å²) in [6, 6.07) is 1.75. The molecule has 23 heavy (non-hydrogen) atoms. The lowest BCUT2D eigenvalue weighted by Crippen LogP contribution is -2.00. The fraction of sp³-hybridized carbons (Fsp3) is 0.0769. The molecule has 4 rings (SSSR count). The fourth-order valence-corrected chi connectivity index (χ4v) is 2.78. The van der Waals surface area contributed by atoms with E-state index in [-0.39, 0.29) is 0 Å². The number of aromatic nitrogens is 8. The van der Waals surface area contributed by atoms with Crippen LogP contribution in [-0.4, -0.2) is 39.5 Å². The minimum atomic E-state index is 0.496. The van der Waals surface area contributed by atoms with Crippen molar-refractivity contribution in [3.63, 3.8) is 0 Å². The van der Waals surface area contributed by atoms with Gasteiger partial charge in [-0.1, -0.05) is 0 Å². The smallest absolute Gasteiger partial charge is 0.250 e. The number of aryl methyl sites for hydroxylation is 1. The number of hydrogen-bond donors (Lipinski definition) is 1. The number of halogens is 1. The van der Waals surface area contributed by atoms with Crippen LogP contribution in [0.4, 0.5) is 11.5 Å². The molecule has 0 aliphatic heterocycles. The highest BCUT2D eigenvalue weighted by Crippen LogP contribution is 2.28. The highest BCUT2D eigenvalue weighted by Gasteiger charge is 2.14. The van der Waals surface area contributed by atoms with Gasteiger partial charge in [-0.05, 0) is 22.0 Å². The average Bonchev–Trinajstić information content (AvgIpc) is 3.14. The standard InChI is InChI=1S/C13H10BrN9/c1-22-12-9(10(14)21-22)11(17-7-18-12)20-8-5-19-23(6-8)13-15-3-2-4-16-13/h2-7H,1H3,(H,17,18,20). The zero-order chi connectivity index (χ0) is 15.8. The summed E-state index contributed by atoms with van der Waals surface area (Å²) < 4.78 is 3.95. The summed E-state index contributed by atoms with van der Waals surface area (Å²) >= 11 is 3.43. The van der Waals surface area contributed by atoms with Gasteiger partial charge < -0.3 is 5.32 Å². The molecule has 0 aliphatic carbocycles. The van der Waals surface area contributed by atoms with Gasteiger partial charge in [0.05, 0.1) is 23.5 Å². The molecule has 114 valence electrons. The van der Waals surface area contributed by atoms with Crippen LogP contribution in [-0.2, 0) is 7.05 Å². The zero-order valence-corrected chi connectivity index (χ0v) is 13.5. The van der Waals surface area contributed by atoms with Crippen molar-refractivity contribution in [2.24, 2.45) is 7.05 Å². The van der Waals surface area contributed by atoms with Crippen LogP contribution in [0.2, 0.25) is 0 Å². The van der Waals surface area contributed by atoms with Crippen LogP contribution in [0.15, 0.2) is 41.8 Å². The summed E-state index contributed by atoms with van der Waals surface area (Å²) in [4.78, 5) is 16.8. The van der Waals surface area contributed by atoms with Gasteiger partial charge in [0.15, 0.2) is 5.65 Å². The van der Waals surface area contributed by atoms with Gasteiger partial charge in [-0.15, -0.1) is 0 Å². The molecule has 4 aromatic rings. The van der Waals surface area contributed by atoms with E-state index < -0.39 is 0 Å². The van der Waals surface area contributed by atoms with E-state index in [1.54, 1.807) is 40.2 Å². The maximum Gasteiger partial charge on any atom is 0.250 e. The lowest BCUT2D eigenvalue weighted by atomic mass is 10.4. The SMILES string of the molecule is Cn1nc(Br)c2c(Nc3cnn(-c4ncccn4)c3)ncnc21. The molecule has 9 nitrogen and oxygen atoms in total. The van der Waals surface area contributed by atoms with Gasteiger partial charge in [0, 0.05) is 19.4 Å². The fourth-order valence-electron chi connectivity index (χ4n) is 2.18.